The van der Waals surface area contributed by atoms with Gasteiger partial charge in [-0.05, 0) is 30.8 Å². The summed E-state index contributed by atoms with van der Waals surface area (Å²) in [7, 11) is 0. The largest absolute Gasteiger partial charge is 0.409 e. The predicted octanol–water partition coefficient (Wildman–Crippen LogP) is 1.50. The number of rotatable bonds is 3. The van der Waals surface area contributed by atoms with Crippen molar-refractivity contribution >= 4 is 17.6 Å². The molecule has 18 heavy (non-hydrogen) atoms. The van der Waals surface area contributed by atoms with Gasteiger partial charge in [-0.3, -0.25) is 5.10 Å². The van der Waals surface area contributed by atoms with Gasteiger partial charge in [-0.1, -0.05) is 11.2 Å². The van der Waals surface area contributed by atoms with Crippen LogP contribution < -0.4 is 5.73 Å². The first-order valence-electron chi connectivity index (χ1n) is 4.95. The minimum Gasteiger partial charge on any atom is -0.409 e. The van der Waals surface area contributed by atoms with Gasteiger partial charge >= 0.3 is 0 Å². The molecule has 0 saturated carbocycles. The maximum atomic E-state index is 13.7. The van der Waals surface area contributed by atoms with Gasteiger partial charge in [-0.15, -0.1) is 5.10 Å². The van der Waals surface area contributed by atoms with Crippen LogP contribution in [0.4, 0.5) is 4.39 Å². The number of halogens is 1. The first-order chi connectivity index (χ1) is 8.61. The highest BCUT2D eigenvalue weighted by Gasteiger charge is 2.15. The van der Waals surface area contributed by atoms with Crippen LogP contribution in [0.3, 0.4) is 0 Å². The Morgan fingerprint density at radius 3 is 2.94 bits per heavy atom. The minimum absolute atomic E-state index is 0.0347. The summed E-state index contributed by atoms with van der Waals surface area (Å²) in [5.41, 5.74) is 5.49. The van der Waals surface area contributed by atoms with Gasteiger partial charge in [0.15, 0.2) is 5.84 Å². The van der Waals surface area contributed by atoms with Crippen LogP contribution in [0.1, 0.15) is 11.4 Å². The van der Waals surface area contributed by atoms with E-state index in [4.69, 9.17) is 10.9 Å². The number of oxime groups is 1. The van der Waals surface area contributed by atoms with Crippen molar-refractivity contribution < 1.29 is 9.60 Å². The van der Waals surface area contributed by atoms with E-state index in [-0.39, 0.29) is 11.4 Å². The zero-order valence-corrected chi connectivity index (χ0v) is 10.2. The summed E-state index contributed by atoms with van der Waals surface area (Å²) in [5.74, 6) is -0.204. The molecule has 2 rings (SSSR count). The average molecular weight is 267 g/mol. The molecule has 8 heteroatoms. The van der Waals surface area contributed by atoms with Crippen LogP contribution >= 0.6 is 11.8 Å². The van der Waals surface area contributed by atoms with Gasteiger partial charge < -0.3 is 10.9 Å². The van der Waals surface area contributed by atoms with Crippen LogP contribution in [0, 0.1) is 12.7 Å². The van der Waals surface area contributed by atoms with Crippen molar-refractivity contribution in [3.05, 3.63) is 35.4 Å². The third-order valence-corrected chi connectivity index (χ3v) is 3.04. The summed E-state index contributed by atoms with van der Waals surface area (Å²) in [5, 5.41) is 18.5. The maximum absolute atomic E-state index is 13.7. The number of aromatic nitrogens is 3. The molecule has 1 aromatic heterocycles. The van der Waals surface area contributed by atoms with Gasteiger partial charge in [0.05, 0.1) is 5.56 Å². The molecule has 0 aliphatic carbocycles. The number of aryl methyl sites for hydroxylation is 1. The molecule has 0 spiro atoms. The fourth-order valence-electron chi connectivity index (χ4n) is 1.35. The lowest BCUT2D eigenvalue weighted by Crippen LogP contribution is -2.16. The van der Waals surface area contributed by atoms with E-state index in [2.05, 4.69) is 20.3 Å². The monoisotopic (exact) mass is 267 g/mol. The van der Waals surface area contributed by atoms with Crippen LogP contribution in [0.15, 0.2) is 33.4 Å². The molecule has 1 heterocycles. The van der Waals surface area contributed by atoms with Crippen molar-refractivity contribution in [2.45, 2.75) is 17.0 Å². The van der Waals surface area contributed by atoms with Crippen molar-refractivity contribution in [3.8, 4) is 0 Å². The predicted molar refractivity (Wildman–Crippen MR) is 64.2 cm³/mol. The molecule has 0 amide bonds. The number of hydrogen-bond donors (Lipinski definition) is 3. The average Bonchev–Trinajstić information content (AvgIpc) is 2.74. The van der Waals surface area contributed by atoms with Gasteiger partial charge in [-0.2, -0.15) is 0 Å². The Balaban J connectivity index is 2.41. The lowest BCUT2D eigenvalue weighted by atomic mass is 10.2. The van der Waals surface area contributed by atoms with Crippen molar-refractivity contribution in [1.82, 2.24) is 15.2 Å². The van der Waals surface area contributed by atoms with Crippen molar-refractivity contribution in [3.63, 3.8) is 0 Å². The summed E-state index contributed by atoms with van der Waals surface area (Å²) in [6, 6.07) is 4.42. The quantitative estimate of drug-likeness (QED) is 0.338. The van der Waals surface area contributed by atoms with E-state index >= 15 is 0 Å². The van der Waals surface area contributed by atoms with E-state index in [1.54, 1.807) is 13.0 Å². The number of amidine groups is 1. The van der Waals surface area contributed by atoms with E-state index in [9.17, 15) is 4.39 Å². The first-order valence-corrected chi connectivity index (χ1v) is 5.76. The number of nitrogens with two attached hydrogens (primary N) is 1. The fourth-order valence-corrected chi connectivity index (χ4v) is 2.28. The molecule has 0 fully saturated rings. The Hall–Kier alpha value is -2.09. The molecule has 0 atom stereocenters. The van der Waals surface area contributed by atoms with Gasteiger partial charge in [0.1, 0.15) is 11.6 Å². The molecule has 94 valence electrons. The van der Waals surface area contributed by atoms with Crippen molar-refractivity contribution in [2.75, 3.05) is 0 Å². The SMILES string of the molecule is Cc1nc(Sc2cccc(F)c2C(N)=NO)n[nH]1. The van der Waals surface area contributed by atoms with Crippen LogP contribution in [0.25, 0.3) is 0 Å². The number of hydrogen-bond acceptors (Lipinski definition) is 5. The van der Waals surface area contributed by atoms with Gasteiger partial charge in [0.2, 0.25) is 5.16 Å². The summed E-state index contributed by atoms with van der Waals surface area (Å²) < 4.78 is 13.7. The molecule has 0 radical (unpaired) electrons. The molecule has 6 nitrogen and oxygen atoms in total. The molecule has 0 unspecified atom stereocenters. The standard InChI is InChI=1S/C10H10FN5OS/c1-5-13-10(15-14-5)18-7-4-2-3-6(11)8(7)9(12)16-17/h2-4,17H,1H3,(H2,12,16)(H,13,14,15). The first kappa shape index (κ1) is 12.4. The number of benzene rings is 1. The highest BCUT2D eigenvalue weighted by molar-refractivity contribution is 7.99. The number of aromatic amines is 1. The third-order valence-electron chi connectivity index (χ3n) is 2.12. The molecule has 0 saturated heterocycles. The molecule has 0 bridgehead atoms. The molecular weight excluding hydrogens is 257 g/mol. The van der Waals surface area contributed by atoms with E-state index < -0.39 is 5.82 Å². The van der Waals surface area contributed by atoms with Gasteiger partial charge in [0, 0.05) is 4.90 Å². The van der Waals surface area contributed by atoms with E-state index in [1.165, 1.54) is 12.1 Å². The second kappa shape index (κ2) is 5.05. The second-order valence-electron chi connectivity index (χ2n) is 3.40. The highest BCUT2D eigenvalue weighted by atomic mass is 32.2. The molecule has 2 aromatic rings. The van der Waals surface area contributed by atoms with E-state index in [0.29, 0.717) is 15.9 Å². The Kier molecular flexibility index (Phi) is 3.47. The van der Waals surface area contributed by atoms with Crippen LogP contribution in [-0.4, -0.2) is 26.2 Å². The Bertz CT molecular complexity index is 598. The summed E-state index contributed by atoms with van der Waals surface area (Å²) in [6.07, 6.45) is 0. The molecule has 1 aromatic carbocycles. The smallest absolute Gasteiger partial charge is 0.213 e. The Morgan fingerprint density at radius 1 is 1.56 bits per heavy atom. The topological polar surface area (TPSA) is 100 Å². The zero-order valence-electron chi connectivity index (χ0n) is 9.38. The number of H-pyrrole nitrogens is 1. The fraction of sp³-hybridized carbons (Fsp3) is 0.100. The van der Waals surface area contributed by atoms with Crippen LogP contribution in [-0.2, 0) is 0 Å². The molecular formula is C10H10FN5OS. The number of nitrogens with zero attached hydrogens (tertiary/aromatic N) is 3. The van der Waals surface area contributed by atoms with E-state index in [0.717, 1.165) is 11.8 Å². The normalized spacial score (nSPS) is 11.8. The summed E-state index contributed by atoms with van der Waals surface area (Å²) >= 11 is 1.13. The number of nitrogens with one attached hydrogen (secondary N) is 1. The Labute approximate surface area is 106 Å². The molecule has 4 N–H and O–H groups in total. The minimum atomic E-state index is -0.567. The molecule has 0 aliphatic rings. The van der Waals surface area contributed by atoms with E-state index in [1.807, 2.05) is 0 Å². The second-order valence-corrected chi connectivity index (χ2v) is 4.41. The lowest BCUT2D eigenvalue weighted by Gasteiger charge is -2.06. The Morgan fingerprint density at radius 2 is 2.33 bits per heavy atom. The maximum Gasteiger partial charge on any atom is 0.213 e. The van der Waals surface area contributed by atoms with Gasteiger partial charge in [0.25, 0.3) is 0 Å². The van der Waals surface area contributed by atoms with Crippen molar-refractivity contribution in [2.24, 2.45) is 10.9 Å². The van der Waals surface area contributed by atoms with Crippen molar-refractivity contribution in [1.29, 1.82) is 0 Å². The highest BCUT2D eigenvalue weighted by Crippen LogP contribution is 2.29. The lowest BCUT2D eigenvalue weighted by molar-refractivity contribution is 0.318. The van der Waals surface area contributed by atoms with Crippen LogP contribution in [0.5, 0.6) is 0 Å². The van der Waals surface area contributed by atoms with Crippen LogP contribution in [0.2, 0.25) is 0 Å². The molecule has 0 aliphatic heterocycles. The third kappa shape index (κ3) is 2.43. The zero-order chi connectivity index (χ0) is 13.1. The van der Waals surface area contributed by atoms with Gasteiger partial charge in [-0.25, -0.2) is 9.37 Å². The summed E-state index contributed by atoms with van der Waals surface area (Å²) in [6.45, 7) is 1.76. The summed E-state index contributed by atoms with van der Waals surface area (Å²) in [4.78, 5) is 4.57.